The minimum absolute atomic E-state index is 0.0581. The average Bonchev–Trinajstić information content (AvgIpc) is 3.21. The molecule has 0 unspecified atom stereocenters. The third kappa shape index (κ3) is 4.49. The molecule has 3 aromatic carbocycles. The summed E-state index contributed by atoms with van der Waals surface area (Å²) in [6, 6.07) is 23.1. The van der Waals surface area contributed by atoms with Gasteiger partial charge in [-0.3, -0.25) is 4.79 Å². The largest absolute Gasteiger partial charge is 0.484 e. The average molecular weight is 400 g/mol. The summed E-state index contributed by atoms with van der Waals surface area (Å²) in [5.74, 6) is 0.964. The van der Waals surface area contributed by atoms with Crippen LogP contribution in [0, 0.1) is 0 Å². The maximum Gasteiger partial charge on any atom is 0.262 e. The number of hydrogen-bond acceptors (Lipinski definition) is 4. The van der Waals surface area contributed by atoms with Crippen molar-refractivity contribution in [1.82, 2.24) is 15.0 Å². The van der Waals surface area contributed by atoms with Gasteiger partial charge in [-0.2, -0.15) is 4.80 Å². The summed E-state index contributed by atoms with van der Waals surface area (Å²) in [5.41, 5.74) is 4.27. The lowest BCUT2D eigenvalue weighted by molar-refractivity contribution is -0.118. The summed E-state index contributed by atoms with van der Waals surface area (Å²) in [6.45, 7) is 4.30. The summed E-state index contributed by atoms with van der Waals surface area (Å²) in [7, 11) is 0. The lowest BCUT2D eigenvalue weighted by Gasteiger charge is -2.11. The Hall–Kier alpha value is -3.67. The van der Waals surface area contributed by atoms with Crippen molar-refractivity contribution in [3.8, 4) is 11.4 Å². The van der Waals surface area contributed by atoms with Crippen molar-refractivity contribution in [3.63, 3.8) is 0 Å². The van der Waals surface area contributed by atoms with E-state index in [4.69, 9.17) is 4.74 Å². The van der Waals surface area contributed by atoms with Crippen molar-refractivity contribution in [2.75, 3.05) is 11.9 Å². The molecule has 6 nitrogen and oxygen atoms in total. The molecule has 1 aromatic heterocycles. The molecule has 0 aliphatic carbocycles. The number of carbonyl (C=O) groups excluding carboxylic acids is 1. The number of fused-ring (bicyclic) bond motifs is 1. The molecule has 30 heavy (non-hydrogen) atoms. The van der Waals surface area contributed by atoms with Gasteiger partial charge in [0.15, 0.2) is 6.61 Å². The highest BCUT2D eigenvalue weighted by molar-refractivity contribution is 5.93. The van der Waals surface area contributed by atoms with Crippen molar-refractivity contribution in [2.45, 2.75) is 26.2 Å². The molecule has 0 spiro atoms. The van der Waals surface area contributed by atoms with Gasteiger partial charge in [-0.15, -0.1) is 10.2 Å². The quantitative estimate of drug-likeness (QED) is 0.476. The van der Waals surface area contributed by atoms with Crippen LogP contribution in [-0.4, -0.2) is 27.5 Å². The lowest BCUT2D eigenvalue weighted by Crippen LogP contribution is -2.20. The fourth-order valence-corrected chi connectivity index (χ4v) is 3.14. The highest BCUT2D eigenvalue weighted by Crippen LogP contribution is 2.22. The number of nitrogens with one attached hydrogen (secondary N) is 1. The summed E-state index contributed by atoms with van der Waals surface area (Å²) in [5, 5.41) is 11.8. The fraction of sp³-hybridized carbons (Fsp3) is 0.208. The van der Waals surface area contributed by atoms with E-state index in [1.165, 1.54) is 5.56 Å². The van der Waals surface area contributed by atoms with Crippen molar-refractivity contribution in [1.29, 1.82) is 0 Å². The molecule has 0 saturated heterocycles. The number of aromatic nitrogens is 3. The number of para-hydroxylation sites is 1. The molecule has 4 aromatic rings. The summed E-state index contributed by atoms with van der Waals surface area (Å²) in [4.78, 5) is 13.9. The van der Waals surface area contributed by atoms with E-state index >= 15 is 0 Å². The Morgan fingerprint density at radius 3 is 2.47 bits per heavy atom. The van der Waals surface area contributed by atoms with Gasteiger partial charge >= 0.3 is 0 Å². The van der Waals surface area contributed by atoms with Crippen LogP contribution < -0.4 is 10.1 Å². The Morgan fingerprint density at radius 2 is 1.73 bits per heavy atom. The van der Waals surface area contributed by atoms with Gasteiger partial charge in [0.2, 0.25) is 0 Å². The zero-order valence-corrected chi connectivity index (χ0v) is 17.1. The summed E-state index contributed by atoms with van der Waals surface area (Å²) < 4.78 is 5.61. The van der Waals surface area contributed by atoms with E-state index < -0.39 is 0 Å². The third-order valence-electron chi connectivity index (χ3n) is 5.08. The predicted molar refractivity (Wildman–Crippen MR) is 118 cm³/mol. The Bertz CT molecular complexity index is 1140. The van der Waals surface area contributed by atoms with Crippen LogP contribution in [0.25, 0.3) is 16.7 Å². The van der Waals surface area contributed by atoms with Crippen molar-refractivity contribution in [2.24, 2.45) is 0 Å². The molecule has 1 atom stereocenters. The molecule has 0 bridgehead atoms. The van der Waals surface area contributed by atoms with Crippen molar-refractivity contribution in [3.05, 3.63) is 78.4 Å². The van der Waals surface area contributed by atoms with Crippen LogP contribution in [0.2, 0.25) is 0 Å². The topological polar surface area (TPSA) is 69.0 Å². The standard InChI is InChI=1S/C24H24N4O2/c1-3-17(2)18-9-12-21(13-10-18)30-16-24(29)25-19-11-14-22-23(15-19)27-28(26-22)20-7-5-4-6-8-20/h4-15,17H,3,16H2,1-2H3,(H,25,29)/t17-/m1/s1. The number of carbonyl (C=O) groups is 1. The number of rotatable bonds is 7. The van der Waals surface area contributed by atoms with Gasteiger partial charge in [0.1, 0.15) is 16.8 Å². The highest BCUT2D eigenvalue weighted by atomic mass is 16.5. The van der Waals surface area contributed by atoms with Crippen LogP contribution in [0.4, 0.5) is 5.69 Å². The Balaban J connectivity index is 1.38. The molecular weight excluding hydrogens is 376 g/mol. The first-order valence-corrected chi connectivity index (χ1v) is 10.1. The lowest BCUT2D eigenvalue weighted by atomic mass is 9.99. The molecule has 0 radical (unpaired) electrons. The van der Waals surface area contributed by atoms with E-state index in [0.29, 0.717) is 22.9 Å². The predicted octanol–water partition coefficient (Wildman–Crippen LogP) is 4.95. The monoisotopic (exact) mass is 400 g/mol. The van der Waals surface area contributed by atoms with Gasteiger partial charge in [0.05, 0.1) is 5.69 Å². The van der Waals surface area contributed by atoms with Gasteiger partial charge in [0.25, 0.3) is 5.91 Å². The van der Waals surface area contributed by atoms with E-state index in [9.17, 15) is 4.79 Å². The zero-order chi connectivity index (χ0) is 20.9. The van der Waals surface area contributed by atoms with Crippen LogP contribution in [0.5, 0.6) is 5.75 Å². The Kier molecular flexibility index (Phi) is 5.75. The second-order valence-corrected chi connectivity index (χ2v) is 7.24. The van der Waals surface area contributed by atoms with Gasteiger partial charge in [-0.25, -0.2) is 0 Å². The highest BCUT2D eigenvalue weighted by Gasteiger charge is 2.09. The number of hydrogen-bond donors (Lipinski definition) is 1. The number of ether oxygens (including phenoxy) is 1. The zero-order valence-electron chi connectivity index (χ0n) is 17.1. The molecule has 1 N–H and O–H groups in total. The summed E-state index contributed by atoms with van der Waals surface area (Å²) in [6.07, 6.45) is 1.09. The maximum absolute atomic E-state index is 12.3. The molecule has 0 aliphatic rings. The number of amides is 1. The molecule has 1 amide bonds. The van der Waals surface area contributed by atoms with Crippen LogP contribution in [0.3, 0.4) is 0 Å². The van der Waals surface area contributed by atoms with Crippen LogP contribution in [-0.2, 0) is 4.79 Å². The second kappa shape index (κ2) is 8.78. The first kappa shape index (κ1) is 19.6. The van der Waals surface area contributed by atoms with Gasteiger partial charge in [-0.1, -0.05) is 44.2 Å². The maximum atomic E-state index is 12.3. The SMILES string of the molecule is CC[C@@H](C)c1ccc(OCC(=O)Nc2ccc3nn(-c4ccccc4)nc3c2)cc1. The van der Waals surface area contributed by atoms with Crippen molar-refractivity contribution >= 4 is 22.6 Å². The van der Waals surface area contributed by atoms with Crippen LogP contribution in [0.15, 0.2) is 72.8 Å². The Labute approximate surface area is 175 Å². The summed E-state index contributed by atoms with van der Waals surface area (Å²) >= 11 is 0. The van der Waals surface area contributed by atoms with Gasteiger partial charge < -0.3 is 10.1 Å². The van der Waals surface area contributed by atoms with Crippen molar-refractivity contribution < 1.29 is 9.53 Å². The fourth-order valence-electron chi connectivity index (χ4n) is 3.14. The first-order valence-electron chi connectivity index (χ1n) is 10.1. The molecule has 1 heterocycles. The molecule has 0 fully saturated rings. The Morgan fingerprint density at radius 1 is 1.00 bits per heavy atom. The molecular formula is C24H24N4O2. The van der Waals surface area contributed by atoms with E-state index in [2.05, 4.69) is 29.4 Å². The molecule has 0 aliphatic heterocycles. The number of nitrogens with zero attached hydrogens (tertiary/aromatic N) is 3. The molecule has 152 valence electrons. The molecule has 0 saturated carbocycles. The van der Waals surface area contributed by atoms with E-state index in [1.54, 1.807) is 10.9 Å². The van der Waals surface area contributed by atoms with Gasteiger partial charge in [-0.05, 0) is 60.4 Å². The van der Waals surface area contributed by atoms with Crippen LogP contribution >= 0.6 is 0 Å². The minimum atomic E-state index is -0.226. The normalized spacial score (nSPS) is 11.9. The molecule has 4 rings (SSSR count). The molecule has 6 heteroatoms. The first-order chi connectivity index (χ1) is 14.6. The number of benzene rings is 3. The van der Waals surface area contributed by atoms with Crippen LogP contribution in [0.1, 0.15) is 31.7 Å². The van der Waals surface area contributed by atoms with E-state index in [1.807, 2.05) is 66.7 Å². The smallest absolute Gasteiger partial charge is 0.262 e. The van der Waals surface area contributed by atoms with E-state index in [0.717, 1.165) is 17.6 Å². The minimum Gasteiger partial charge on any atom is -0.484 e. The number of anilines is 1. The van der Waals surface area contributed by atoms with E-state index in [-0.39, 0.29) is 12.5 Å². The van der Waals surface area contributed by atoms with Gasteiger partial charge in [0, 0.05) is 5.69 Å². The third-order valence-corrected chi connectivity index (χ3v) is 5.08. The second-order valence-electron chi connectivity index (χ2n) is 7.24.